The molecule has 0 radical (unpaired) electrons. The molecule has 0 atom stereocenters. The van der Waals surface area contributed by atoms with Crippen LogP contribution in [0.25, 0.3) is 5.65 Å². The van der Waals surface area contributed by atoms with Crippen LogP contribution < -0.4 is 9.47 Å². The van der Waals surface area contributed by atoms with Crippen LogP contribution in [0.4, 0.5) is 0 Å². The van der Waals surface area contributed by atoms with Crippen LogP contribution in [-0.4, -0.2) is 16.0 Å². The Morgan fingerprint density at radius 1 is 1.00 bits per heavy atom. The standard InChI is InChI=1S/C16H16N2O2/c1-2-19-14-7-3-4-8-15(14)20-12-13-11-18-10-6-5-9-16(18)17-13/h3-11H,2,12H2,1H3. The van der Waals surface area contributed by atoms with Gasteiger partial charge in [-0.2, -0.15) is 0 Å². The van der Waals surface area contributed by atoms with Crippen LogP contribution in [0.2, 0.25) is 0 Å². The molecule has 0 amide bonds. The van der Waals surface area contributed by atoms with Crippen LogP contribution in [0.1, 0.15) is 12.6 Å². The van der Waals surface area contributed by atoms with E-state index in [-0.39, 0.29) is 0 Å². The van der Waals surface area contributed by atoms with E-state index in [0.29, 0.717) is 13.2 Å². The van der Waals surface area contributed by atoms with E-state index in [1.54, 1.807) is 0 Å². The summed E-state index contributed by atoms with van der Waals surface area (Å²) in [6.07, 6.45) is 3.94. The molecule has 0 saturated heterocycles. The zero-order valence-corrected chi connectivity index (χ0v) is 11.3. The van der Waals surface area contributed by atoms with Gasteiger partial charge < -0.3 is 13.9 Å². The summed E-state index contributed by atoms with van der Waals surface area (Å²) in [6.45, 7) is 3.00. The van der Waals surface area contributed by atoms with E-state index in [1.165, 1.54) is 0 Å². The molecule has 0 aliphatic rings. The fourth-order valence-electron chi connectivity index (χ4n) is 2.05. The van der Waals surface area contributed by atoms with Crippen molar-refractivity contribution in [2.75, 3.05) is 6.61 Å². The number of para-hydroxylation sites is 2. The Labute approximate surface area is 117 Å². The molecule has 3 aromatic rings. The van der Waals surface area contributed by atoms with E-state index < -0.39 is 0 Å². The molecule has 0 bridgehead atoms. The minimum absolute atomic E-state index is 0.422. The van der Waals surface area contributed by atoms with Gasteiger partial charge in [-0.25, -0.2) is 4.98 Å². The molecule has 0 spiro atoms. The number of ether oxygens (including phenoxy) is 2. The Balaban J connectivity index is 1.76. The van der Waals surface area contributed by atoms with E-state index in [1.807, 2.05) is 66.2 Å². The maximum Gasteiger partial charge on any atom is 0.161 e. The first kappa shape index (κ1) is 12.5. The number of benzene rings is 1. The summed E-state index contributed by atoms with van der Waals surface area (Å²) in [5.41, 5.74) is 1.81. The quantitative estimate of drug-likeness (QED) is 0.712. The Kier molecular flexibility index (Phi) is 3.54. The molecule has 0 aliphatic heterocycles. The maximum atomic E-state index is 5.80. The van der Waals surface area contributed by atoms with E-state index in [2.05, 4.69) is 4.98 Å². The molecule has 2 aromatic heterocycles. The third-order valence-electron chi connectivity index (χ3n) is 2.94. The average Bonchev–Trinajstić information content (AvgIpc) is 2.89. The van der Waals surface area contributed by atoms with Crippen molar-refractivity contribution in [3.05, 3.63) is 60.6 Å². The minimum Gasteiger partial charge on any atom is -0.490 e. The molecule has 0 saturated carbocycles. The van der Waals surface area contributed by atoms with E-state index in [0.717, 1.165) is 22.8 Å². The summed E-state index contributed by atoms with van der Waals surface area (Å²) in [7, 11) is 0. The van der Waals surface area contributed by atoms with Crippen molar-refractivity contribution in [3.63, 3.8) is 0 Å². The molecule has 0 aliphatic carbocycles. The van der Waals surface area contributed by atoms with Gasteiger partial charge in [0.2, 0.25) is 0 Å². The third kappa shape index (κ3) is 2.59. The van der Waals surface area contributed by atoms with Gasteiger partial charge in [0, 0.05) is 12.4 Å². The molecular weight excluding hydrogens is 252 g/mol. The molecule has 2 heterocycles. The van der Waals surface area contributed by atoms with Gasteiger partial charge in [0.05, 0.1) is 12.3 Å². The molecule has 0 N–H and O–H groups in total. The highest BCUT2D eigenvalue weighted by Crippen LogP contribution is 2.27. The highest BCUT2D eigenvalue weighted by molar-refractivity contribution is 5.41. The zero-order valence-electron chi connectivity index (χ0n) is 11.3. The van der Waals surface area contributed by atoms with Crippen LogP contribution in [-0.2, 0) is 6.61 Å². The monoisotopic (exact) mass is 268 g/mol. The predicted octanol–water partition coefficient (Wildman–Crippen LogP) is 3.31. The van der Waals surface area contributed by atoms with E-state index in [9.17, 15) is 0 Å². The summed E-state index contributed by atoms with van der Waals surface area (Å²) >= 11 is 0. The second kappa shape index (κ2) is 5.65. The second-order valence-corrected chi connectivity index (χ2v) is 4.37. The van der Waals surface area contributed by atoms with Crippen LogP contribution in [0.5, 0.6) is 11.5 Å². The molecular formula is C16H16N2O2. The molecule has 3 rings (SSSR count). The van der Waals surface area contributed by atoms with E-state index in [4.69, 9.17) is 9.47 Å². The summed E-state index contributed by atoms with van der Waals surface area (Å²) in [5, 5.41) is 0. The first-order valence-corrected chi connectivity index (χ1v) is 6.64. The zero-order chi connectivity index (χ0) is 13.8. The van der Waals surface area contributed by atoms with Gasteiger partial charge in [0.25, 0.3) is 0 Å². The highest BCUT2D eigenvalue weighted by Gasteiger charge is 2.06. The molecule has 20 heavy (non-hydrogen) atoms. The molecule has 0 unspecified atom stereocenters. The Morgan fingerprint density at radius 3 is 2.50 bits per heavy atom. The van der Waals surface area contributed by atoms with Gasteiger partial charge in [-0.1, -0.05) is 18.2 Å². The van der Waals surface area contributed by atoms with Crippen molar-refractivity contribution in [2.24, 2.45) is 0 Å². The van der Waals surface area contributed by atoms with Crippen LogP contribution in [0, 0.1) is 0 Å². The van der Waals surface area contributed by atoms with Gasteiger partial charge in [-0.3, -0.25) is 0 Å². The Bertz CT molecular complexity index is 673. The maximum absolute atomic E-state index is 5.80. The lowest BCUT2D eigenvalue weighted by molar-refractivity contribution is 0.267. The Morgan fingerprint density at radius 2 is 1.75 bits per heavy atom. The lowest BCUT2D eigenvalue weighted by Crippen LogP contribution is -1.99. The number of imidazole rings is 1. The van der Waals surface area contributed by atoms with Crippen molar-refractivity contribution in [2.45, 2.75) is 13.5 Å². The molecule has 4 nitrogen and oxygen atoms in total. The summed E-state index contributed by atoms with van der Waals surface area (Å²) in [6, 6.07) is 13.6. The van der Waals surface area contributed by atoms with E-state index >= 15 is 0 Å². The normalized spacial score (nSPS) is 10.7. The molecule has 102 valence electrons. The number of nitrogens with zero attached hydrogens (tertiary/aromatic N) is 2. The number of fused-ring (bicyclic) bond motifs is 1. The summed E-state index contributed by atoms with van der Waals surface area (Å²) in [4.78, 5) is 4.50. The lowest BCUT2D eigenvalue weighted by Gasteiger charge is -2.10. The van der Waals surface area contributed by atoms with Crippen molar-refractivity contribution in [3.8, 4) is 11.5 Å². The van der Waals surface area contributed by atoms with Crippen molar-refractivity contribution in [1.82, 2.24) is 9.38 Å². The molecule has 0 fully saturated rings. The van der Waals surface area contributed by atoms with Crippen LogP contribution >= 0.6 is 0 Å². The number of pyridine rings is 1. The van der Waals surface area contributed by atoms with Crippen molar-refractivity contribution >= 4 is 5.65 Å². The third-order valence-corrected chi connectivity index (χ3v) is 2.94. The lowest BCUT2D eigenvalue weighted by atomic mass is 10.3. The number of hydrogen-bond acceptors (Lipinski definition) is 3. The SMILES string of the molecule is CCOc1ccccc1OCc1cn2ccccc2n1. The smallest absolute Gasteiger partial charge is 0.161 e. The van der Waals surface area contributed by atoms with Gasteiger partial charge in [0.15, 0.2) is 11.5 Å². The fraction of sp³-hybridized carbons (Fsp3) is 0.188. The topological polar surface area (TPSA) is 35.8 Å². The molecule has 1 aromatic carbocycles. The highest BCUT2D eigenvalue weighted by atomic mass is 16.5. The van der Waals surface area contributed by atoms with Gasteiger partial charge >= 0.3 is 0 Å². The van der Waals surface area contributed by atoms with Crippen LogP contribution in [0.15, 0.2) is 54.9 Å². The second-order valence-electron chi connectivity index (χ2n) is 4.37. The first-order chi connectivity index (χ1) is 9.86. The van der Waals surface area contributed by atoms with Crippen molar-refractivity contribution < 1.29 is 9.47 Å². The summed E-state index contributed by atoms with van der Waals surface area (Å²) < 4.78 is 13.3. The van der Waals surface area contributed by atoms with Gasteiger partial charge in [-0.05, 0) is 31.2 Å². The van der Waals surface area contributed by atoms with Gasteiger partial charge in [-0.15, -0.1) is 0 Å². The fourth-order valence-corrected chi connectivity index (χ4v) is 2.05. The Hall–Kier alpha value is -2.49. The van der Waals surface area contributed by atoms with Crippen LogP contribution in [0.3, 0.4) is 0 Å². The minimum atomic E-state index is 0.422. The first-order valence-electron chi connectivity index (χ1n) is 6.64. The number of hydrogen-bond donors (Lipinski definition) is 0. The molecule has 4 heteroatoms. The largest absolute Gasteiger partial charge is 0.490 e. The predicted molar refractivity (Wildman–Crippen MR) is 77.1 cm³/mol. The summed E-state index contributed by atoms with van der Waals surface area (Å²) in [5.74, 6) is 1.50. The number of rotatable bonds is 5. The number of aromatic nitrogens is 2. The van der Waals surface area contributed by atoms with Gasteiger partial charge in [0.1, 0.15) is 12.3 Å². The van der Waals surface area contributed by atoms with Crippen molar-refractivity contribution in [1.29, 1.82) is 0 Å². The average molecular weight is 268 g/mol.